The molecule has 0 radical (unpaired) electrons. The van der Waals surface area contributed by atoms with E-state index in [9.17, 15) is 4.79 Å². The number of amides is 1. The largest absolute Gasteiger partial charge is 0.451 e. The van der Waals surface area contributed by atoms with Gasteiger partial charge in [-0.2, -0.15) is 0 Å². The maximum atomic E-state index is 13.1. The molecule has 1 aromatic heterocycles. The van der Waals surface area contributed by atoms with Crippen LogP contribution in [0.1, 0.15) is 28.1 Å². The summed E-state index contributed by atoms with van der Waals surface area (Å²) in [6.07, 6.45) is 0.976. The molecule has 0 unspecified atom stereocenters. The van der Waals surface area contributed by atoms with Crippen LogP contribution in [0.3, 0.4) is 0 Å². The highest BCUT2D eigenvalue weighted by molar-refractivity contribution is 9.10. The second-order valence-electron chi connectivity index (χ2n) is 7.10. The van der Waals surface area contributed by atoms with Gasteiger partial charge in [-0.05, 0) is 37.1 Å². The molecule has 0 N–H and O–H groups in total. The second-order valence-corrected chi connectivity index (χ2v) is 8.02. The third-order valence-corrected chi connectivity index (χ3v) is 5.71. The van der Waals surface area contributed by atoms with Crippen LogP contribution < -0.4 is 0 Å². The number of furan rings is 1. The number of carbonyl (C=O) groups excluding carboxylic acids is 1. The Morgan fingerprint density at radius 1 is 1.07 bits per heavy atom. The van der Waals surface area contributed by atoms with Crippen LogP contribution in [0, 0.1) is 6.92 Å². The van der Waals surface area contributed by atoms with Gasteiger partial charge in [0.15, 0.2) is 5.76 Å². The molecule has 0 atom stereocenters. The smallest absolute Gasteiger partial charge is 0.289 e. The fraction of sp³-hybridized carbons (Fsp3) is 0.318. The Morgan fingerprint density at radius 2 is 1.89 bits per heavy atom. The lowest BCUT2D eigenvalue weighted by atomic mass is 10.1. The number of hydrogen-bond acceptors (Lipinski definition) is 3. The Balaban J connectivity index is 1.47. The van der Waals surface area contributed by atoms with Gasteiger partial charge in [0.25, 0.3) is 5.91 Å². The minimum absolute atomic E-state index is 0.00128. The quantitative estimate of drug-likeness (QED) is 0.600. The van der Waals surface area contributed by atoms with Crippen molar-refractivity contribution in [2.45, 2.75) is 19.9 Å². The lowest BCUT2D eigenvalue weighted by Gasteiger charge is -2.21. The molecule has 1 aliphatic heterocycles. The summed E-state index contributed by atoms with van der Waals surface area (Å²) < 4.78 is 6.90. The van der Waals surface area contributed by atoms with Crippen LogP contribution in [0.25, 0.3) is 11.0 Å². The van der Waals surface area contributed by atoms with Gasteiger partial charge in [0.2, 0.25) is 0 Å². The standard InChI is InChI=1S/C22H23BrN2O2/c1-16-19-14-18(23)8-9-20(19)27-21(16)22(26)25-11-5-10-24(12-13-25)15-17-6-3-2-4-7-17/h2-4,6-9,14H,5,10-13,15H2,1H3. The van der Waals surface area contributed by atoms with Gasteiger partial charge >= 0.3 is 0 Å². The predicted molar refractivity (Wildman–Crippen MR) is 111 cm³/mol. The average Bonchev–Trinajstić information content (AvgIpc) is 2.85. The molecule has 0 bridgehead atoms. The number of hydrogen-bond donors (Lipinski definition) is 0. The molecule has 4 nitrogen and oxygen atoms in total. The fourth-order valence-corrected chi connectivity index (χ4v) is 4.08. The SMILES string of the molecule is Cc1c(C(=O)N2CCCN(Cc3ccccc3)CC2)oc2ccc(Br)cc12. The third-order valence-electron chi connectivity index (χ3n) is 5.22. The van der Waals surface area contributed by atoms with Gasteiger partial charge in [0, 0.05) is 48.1 Å². The van der Waals surface area contributed by atoms with E-state index in [0.29, 0.717) is 5.76 Å². The van der Waals surface area contributed by atoms with E-state index in [-0.39, 0.29) is 5.91 Å². The highest BCUT2D eigenvalue weighted by atomic mass is 79.9. The Bertz CT molecular complexity index is 952. The Hall–Kier alpha value is -2.11. The monoisotopic (exact) mass is 426 g/mol. The molecule has 140 valence electrons. The molecule has 1 aliphatic rings. The maximum absolute atomic E-state index is 13.1. The van der Waals surface area contributed by atoms with Gasteiger partial charge in [-0.25, -0.2) is 0 Å². The molecule has 0 spiro atoms. The minimum atomic E-state index is 0.00128. The molecule has 3 aromatic rings. The third kappa shape index (κ3) is 3.94. The average molecular weight is 427 g/mol. The predicted octanol–water partition coefficient (Wildman–Crippen LogP) is 4.85. The van der Waals surface area contributed by atoms with E-state index in [0.717, 1.165) is 60.2 Å². The van der Waals surface area contributed by atoms with E-state index in [2.05, 4.69) is 45.1 Å². The fourth-order valence-electron chi connectivity index (χ4n) is 3.71. The topological polar surface area (TPSA) is 36.7 Å². The molecule has 0 aliphatic carbocycles. The van der Waals surface area contributed by atoms with Crippen LogP contribution in [0.5, 0.6) is 0 Å². The normalized spacial score (nSPS) is 15.9. The summed E-state index contributed by atoms with van der Waals surface area (Å²) in [6.45, 7) is 6.28. The molecule has 1 fully saturated rings. The van der Waals surface area contributed by atoms with Crippen molar-refractivity contribution in [1.82, 2.24) is 9.80 Å². The molecule has 5 heteroatoms. The van der Waals surface area contributed by atoms with E-state index in [4.69, 9.17) is 4.42 Å². The number of carbonyl (C=O) groups is 1. The van der Waals surface area contributed by atoms with Crippen molar-refractivity contribution in [3.05, 3.63) is 69.9 Å². The molecule has 27 heavy (non-hydrogen) atoms. The van der Waals surface area contributed by atoms with E-state index in [1.165, 1.54) is 5.56 Å². The van der Waals surface area contributed by atoms with Crippen molar-refractivity contribution >= 4 is 32.8 Å². The van der Waals surface area contributed by atoms with Crippen molar-refractivity contribution in [2.75, 3.05) is 26.2 Å². The van der Waals surface area contributed by atoms with Crippen LogP contribution in [0.4, 0.5) is 0 Å². The Morgan fingerprint density at radius 3 is 2.70 bits per heavy atom. The van der Waals surface area contributed by atoms with Crippen LogP contribution >= 0.6 is 15.9 Å². The molecule has 1 amide bonds. The number of nitrogens with zero attached hydrogens (tertiary/aromatic N) is 2. The zero-order valence-electron chi connectivity index (χ0n) is 15.5. The first-order valence-corrected chi connectivity index (χ1v) is 10.2. The number of halogens is 1. The van der Waals surface area contributed by atoms with Crippen molar-refractivity contribution in [3.8, 4) is 0 Å². The molecule has 0 saturated carbocycles. The maximum Gasteiger partial charge on any atom is 0.289 e. The van der Waals surface area contributed by atoms with Crippen molar-refractivity contribution < 1.29 is 9.21 Å². The van der Waals surface area contributed by atoms with Crippen LogP contribution in [0.2, 0.25) is 0 Å². The Kier molecular flexibility index (Phi) is 5.32. The van der Waals surface area contributed by atoms with Crippen molar-refractivity contribution in [3.63, 3.8) is 0 Å². The molecule has 4 rings (SSSR count). The first-order valence-electron chi connectivity index (χ1n) is 9.36. The van der Waals surface area contributed by atoms with Crippen molar-refractivity contribution in [2.24, 2.45) is 0 Å². The molecule has 2 aromatic carbocycles. The van der Waals surface area contributed by atoms with Gasteiger partial charge < -0.3 is 9.32 Å². The summed E-state index contributed by atoms with van der Waals surface area (Å²) in [5.74, 6) is 0.473. The molecular formula is C22H23BrN2O2. The van der Waals surface area contributed by atoms with Gasteiger partial charge in [-0.1, -0.05) is 46.3 Å². The zero-order chi connectivity index (χ0) is 18.8. The van der Waals surface area contributed by atoms with E-state index < -0.39 is 0 Å². The summed E-state index contributed by atoms with van der Waals surface area (Å²) >= 11 is 3.49. The van der Waals surface area contributed by atoms with Gasteiger partial charge in [0.1, 0.15) is 5.58 Å². The lowest BCUT2D eigenvalue weighted by Crippen LogP contribution is -2.35. The summed E-state index contributed by atoms with van der Waals surface area (Å²) in [6, 6.07) is 16.4. The second kappa shape index (κ2) is 7.87. The molecule has 1 saturated heterocycles. The number of benzene rings is 2. The summed E-state index contributed by atoms with van der Waals surface area (Å²) in [5.41, 5.74) is 3.00. The van der Waals surface area contributed by atoms with Crippen LogP contribution in [-0.4, -0.2) is 41.9 Å². The molecular weight excluding hydrogens is 404 g/mol. The first kappa shape index (κ1) is 18.3. The number of fused-ring (bicyclic) bond motifs is 1. The highest BCUT2D eigenvalue weighted by Gasteiger charge is 2.25. The lowest BCUT2D eigenvalue weighted by molar-refractivity contribution is 0.0730. The van der Waals surface area contributed by atoms with Crippen molar-refractivity contribution in [1.29, 1.82) is 0 Å². The summed E-state index contributed by atoms with van der Waals surface area (Å²) in [7, 11) is 0. The summed E-state index contributed by atoms with van der Waals surface area (Å²) in [4.78, 5) is 17.5. The van der Waals surface area contributed by atoms with Gasteiger partial charge in [0.05, 0.1) is 0 Å². The van der Waals surface area contributed by atoms with E-state index >= 15 is 0 Å². The minimum Gasteiger partial charge on any atom is -0.451 e. The number of rotatable bonds is 3. The van der Waals surface area contributed by atoms with Crippen LogP contribution in [-0.2, 0) is 6.54 Å². The van der Waals surface area contributed by atoms with Crippen LogP contribution in [0.15, 0.2) is 57.4 Å². The summed E-state index contributed by atoms with van der Waals surface area (Å²) in [5, 5.41) is 0.994. The number of aryl methyl sites for hydroxylation is 1. The molecule has 2 heterocycles. The zero-order valence-corrected chi connectivity index (χ0v) is 17.0. The van der Waals surface area contributed by atoms with E-state index in [1.807, 2.05) is 36.1 Å². The Labute approximate surface area is 167 Å². The highest BCUT2D eigenvalue weighted by Crippen LogP contribution is 2.29. The first-order chi connectivity index (χ1) is 13.1. The van der Waals surface area contributed by atoms with Gasteiger partial charge in [-0.3, -0.25) is 9.69 Å². The van der Waals surface area contributed by atoms with E-state index in [1.54, 1.807) is 0 Å². The van der Waals surface area contributed by atoms with Gasteiger partial charge in [-0.15, -0.1) is 0 Å².